The first-order chi connectivity index (χ1) is 12.0. The molecule has 0 aliphatic heterocycles. The minimum Gasteiger partial charge on any atom is -0.494 e. The van der Waals surface area contributed by atoms with Crippen LogP contribution in [0.5, 0.6) is 5.75 Å². The lowest BCUT2D eigenvalue weighted by atomic mass is 10.0. The Bertz CT molecular complexity index is 713. The van der Waals surface area contributed by atoms with E-state index in [0.29, 0.717) is 17.2 Å². The number of carbonyl (C=O) groups excluding carboxylic acids is 1. The van der Waals surface area contributed by atoms with Crippen LogP contribution in [0.3, 0.4) is 0 Å². The molecule has 2 aromatic rings. The van der Waals surface area contributed by atoms with E-state index < -0.39 is 12.0 Å². The predicted molar refractivity (Wildman–Crippen MR) is 95.9 cm³/mol. The molecule has 0 radical (unpaired) electrons. The van der Waals surface area contributed by atoms with Crippen LogP contribution in [0.25, 0.3) is 0 Å². The maximum absolute atomic E-state index is 12.3. The number of rotatable bonds is 8. The average molecular weight is 362 g/mol. The van der Waals surface area contributed by atoms with Crippen molar-refractivity contribution in [3.05, 3.63) is 64.7 Å². The Labute approximate surface area is 151 Å². The fourth-order valence-electron chi connectivity index (χ4n) is 2.42. The largest absolute Gasteiger partial charge is 0.494 e. The fourth-order valence-corrected chi connectivity index (χ4v) is 2.55. The molecule has 0 bridgehead atoms. The second-order valence-corrected chi connectivity index (χ2v) is 5.96. The highest BCUT2D eigenvalue weighted by Gasteiger charge is 2.18. The number of carbonyl (C=O) groups is 2. The summed E-state index contributed by atoms with van der Waals surface area (Å²) in [4.78, 5) is 23.4. The minimum atomic E-state index is -0.985. The third-order valence-electron chi connectivity index (χ3n) is 3.59. The van der Waals surface area contributed by atoms with Crippen LogP contribution in [-0.2, 0) is 16.0 Å². The van der Waals surface area contributed by atoms with Gasteiger partial charge in [0.05, 0.1) is 25.5 Å². The van der Waals surface area contributed by atoms with Crippen molar-refractivity contribution in [3.8, 4) is 5.75 Å². The summed E-state index contributed by atoms with van der Waals surface area (Å²) in [5, 5.41) is 12.4. The van der Waals surface area contributed by atoms with Crippen molar-refractivity contribution in [2.75, 3.05) is 6.61 Å². The maximum atomic E-state index is 12.3. The zero-order chi connectivity index (χ0) is 18.2. The van der Waals surface area contributed by atoms with E-state index in [0.717, 1.165) is 11.3 Å². The maximum Gasteiger partial charge on any atom is 0.305 e. The molecule has 6 heteroatoms. The van der Waals surface area contributed by atoms with Gasteiger partial charge in [0.25, 0.3) is 0 Å². The highest BCUT2D eigenvalue weighted by Crippen LogP contribution is 2.20. The number of hydrogen-bond acceptors (Lipinski definition) is 3. The van der Waals surface area contributed by atoms with Gasteiger partial charge in [0.15, 0.2) is 0 Å². The summed E-state index contributed by atoms with van der Waals surface area (Å²) < 4.78 is 5.36. The van der Waals surface area contributed by atoms with Gasteiger partial charge in [-0.2, -0.15) is 0 Å². The molecule has 2 rings (SSSR count). The van der Waals surface area contributed by atoms with Gasteiger partial charge < -0.3 is 15.2 Å². The molecule has 0 fully saturated rings. The highest BCUT2D eigenvalue weighted by atomic mass is 35.5. The van der Waals surface area contributed by atoms with Crippen molar-refractivity contribution >= 4 is 23.5 Å². The molecule has 0 aliphatic carbocycles. The van der Waals surface area contributed by atoms with E-state index in [4.69, 9.17) is 21.4 Å². The zero-order valence-electron chi connectivity index (χ0n) is 13.9. The first-order valence-corrected chi connectivity index (χ1v) is 8.34. The molecule has 0 aliphatic rings. The van der Waals surface area contributed by atoms with E-state index >= 15 is 0 Å². The van der Waals surface area contributed by atoms with Gasteiger partial charge in [-0.1, -0.05) is 35.9 Å². The molecule has 132 valence electrons. The SMILES string of the molecule is CCOc1ccc(CC(=O)N[C@@H](CC(=O)O)c2ccc(Cl)cc2)cc1. The van der Waals surface area contributed by atoms with Gasteiger partial charge in [0, 0.05) is 5.02 Å². The number of carboxylic acid groups (broad SMARTS) is 1. The van der Waals surface area contributed by atoms with Gasteiger partial charge in [-0.25, -0.2) is 0 Å². The first kappa shape index (κ1) is 18.8. The van der Waals surface area contributed by atoms with Crippen molar-refractivity contribution < 1.29 is 19.4 Å². The number of halogens is 1. The van der Waals surface area contributed by atoms with E-state index in [1.165, 1.54) is 0 Å². The average Bonchev–Trinajstić information content (AvgIpc) is 2.56. The standard InChI is InChI=1S/C19H20ClNO4/c1-2-25-16-9-3-13(4-10-16)11-18(22)21-17(12-19(23)24)14-5-7-15(20)8-6-14/h3-10,17H,2,11-12H2,1H3,(H,21,22)(H,23,24)/t17-/m0/s1. The van der Waals surface area contributed by atoms with Crippen LogP contribution < -0.4 is 10.1 Å². The Morgan fingerprint density at radius 1 is 1.12 bits per heavy atom. The van der Waals surface area contributed by atoms with Gasteiger partial charge in [0.1, 0.15) is 5.75 Å². The summed E-state index contributed by atoms with van der Waals surface area (Å²) in [6.07, 6.45) is -0.0350. The number of carboxylic acids is 1. The number of aliphatic carboxylic acids is 1. The predicted octanol–water partition coefficient (Wildman–Crippen LogP) is 3.61. The summed E-state index contributed by atoms with van der Waals surface area (Å²) in [6.45, 7) is 2.48. The van der Waals surface area contributed by atoms with Crippen molar-refractivity contribution in [1.82, 2.24) is 5.32 Å². The quantitative estimate of drug-likeness (QED) is 0.753. The second kappa shape index (κ2) is 9.08. The van der Waals surface area contributed by atoms with Crippen LogP contribution in [0.4, 0.5) is 0 Å². The van der Waals surface area contributed by atoms with E-state index in [-0.39, 0.29) is 18.7 Å². The molecule has 5 nitrogen and oxygen atoms in total. The summed E-state index contributed by atoms with van der Waals surface area (Å²) in [6, 6.07) is 13.4. The Kier molecular flexibility index (Phi) is 6.83. The molecule has 0 spiro atoms. The van der Waals surface area contributed by atoms with Crippen LogP contribution in [0, 0.1) is 0 Å². The van der Waals surface area contributed by atoms with Crippen LogP contribution in [0.2, 0.25) is 5.02 Å². The number of benzene rings is 2. The van der Waals surface area contributed by atoms with Crippen LogP contribution >= 0.6 is 11.6 Å². The Balaban J connectivity index is 2.03. The van der Waals surface area contributed by atoms with Gasteiger partial charge in [-0.05, 0) is 42.3 Å². The van der Waals surface area contributed by atoms with Crippen molar-refractivity contribution in [2.45, 2.75) is 25.8 Å². The minimum absolute atomic E-state index is 0.163. The lowest BCUT2D eigenvalue weighted by molar-refractivity contribution is -0.137. The van der Waals surface area contributed by atoms with E-state index in [2.05, 4.69) is 5.32 Å². The summed E-state index contributed by atoms with van der Waals surface area (Å²) in [7, 11) is 0. The first-order valence-electron chi connectivity index (χ1n) is 7.96. The third-order valence-corrected chi connectivity index (χ3v) is 3.84. The smallest absolute Gasteiger partial charge is 0.305 e. The van der Waals surface area contributed by atoms with Crippen molar-refractivity contribution in [3.63, 3.8) is 0 Å². The van der Waals surface area contributed by atoms with E-state index in [1.807, 2.05) is 19.1 Å². The number of ether oxygens (including phenoxy) is 1. The fraction of sp³-hybridized carbons (Fsp3) is 0.263. The van der Waals surface area contributed by atoms with Gasteiger partial charge in [-0.15, -0.1) is 0 Å². The second-order valence-electron chi connectivity index (χ2n) is 5.52. The molecule has 0 saturated heterocycles. The zero-order valence-corrected chi connectivity index (χ0v) is 14.6. The summed E-state index contributed by atoms with van der Waals surface area (Å²) in [5.41, 5.74) is 1.53. The molecule has 1 atom stereocenters. The summed E-state index contributed by atoms with van der Waals surface area (Å²) >= 11 is 5.86. The molecular formula is C19H20ClNO4. The molecule has 1 amide bonds. The monoisotopic (exact) mass is 361 g/mol. The lowest BCUT2D eigenvalue weighted by Crippen LogP contribution is -2.31. The van der Waals surface area contributed by atoms with E-state index in [9.17, 15) is 9.59 Å². The van der Waals surface area contributed by atoms with Crippen LogP contribution in [0.1, 0.15) is 30.5 Å². The van der Waals surface area contributed by atoms with Gasteiger partial charge >= 0.3 is 5.97 Å². The van der Waals surface area contributed by atoms with Crippen molar-refractivity contribution in [2.24, 2.45) is 0 Å². The van der Waals surface area contributed by atoms with Gasteiger partial charge in [-0.3, -0.25) is 9.59 Å². The Hall–Kier alpha value is -2.53. The molecule has 25 heavy (non-hydrogen) atoms. The van der Waals surface area contributed by atoms with Crippen LogP contribution in [-0.4, -0.2) is 23.6 Å². The number of nitrogens with one attached hydrogen (secondary N) is 1. The molecule has 0 saturated carbocycles. The molecule has 0 aromatic heterocycles. The summed E-state index contributed by atoms with van der Waals surface area (Å²) in [5.74, 6) is -0.483. The molecule has 0 unspecified atom stereocenters. The number of amides is 1. The van der Waals surface area contributed by atoms with Crippen LogP contribution in [0.15, 0.2) is 48.5 Å². The normalized spacial score (nSPS) is 11.6. The third kappa shape index (κ3) is 6.12. The lowest BCUT2D eigenvalue weighted by Gasteiger charge is -2.17. The van der Waals surface area contributed by atoms with Crippen molar-refractivity contribution in [1.29, 1.82) is 0 Å². The molecular weight excluding hydrogens is 342 g/mol. The molecule has 2 N–H and O–H groups in total. The Morgan fingerprint density at radius 3 is 2.32 bits per heavy atom. The van der Waals surface area contributed by atoms with E-state index in [1.54, 1.807) is 36.4 Å². The van der Waals surface area contributed by atoms with Gasteiger partial charge in [0.2, 0.25) is 5.91 Å². The molecule has 2 aromatic carbocycles. The topological polar surface area (TPSA) is 75.6 Å². The Morgan fingerprint density at radius 2 is 1.76 bits per heavy atom. The number of hydrogen-bond donors (Lipinski definition) is 2. The molecule has 0 heterocycles. The highest BCUT2D eigenvalue weighted by molar-refractivity contribution is 6.30.